The molecular formula is C15H30O3. The summed E-state index contributed by atoms with van der Waals surface area (Å²) in [6, 6.07) is 0. The van der Waals surface area contributed by atoms with Gasteiger partial charge in [0.2, 0.25) is 0 Å². The molecule has 0 radical (unpaired) electrons. The first-order valence-corrected chi connectivity index (χ1v) is 7.65. The van der Waals surface area contributed by atoms with E-state index in [2.05, 4.69) is 6.92 Å². The van der Waals surface area contributed by atoms with Crippen molar-refractivity contribution in [3.05, 3.63) is 0 Å². The fourth-order valence-corrected chi connectivity index (χ4v) is 2.78. The lowest BCUT2D eigenvalue weighted by atomic mass is 9.85. The van der Waals surface area contributed by atoms with Crippen LogP contribution in [0.1, 0.15) is 65.2 Å². The van der Waals surface area contributed by atoms with Crippen molar-refractivity contribution in [1.82, 2.24) is 0 Å². The minimum Gasteiger partial charge on any atom is -0.390 e. The zero-order valence-electron chi connectivity index (χ0n) is 12.1. The standard InChI is InChI=1S/C15H30O3/c1-3-5-6-7-8-9-14(16)15(18-4-2)10-12-17-13-11-15/h14,16H,3-13H2,1-2H3. The summed E-state index contributed by atoms with van der Waals surface area (Å²) in [5.74, 6) is 0. The molecule has 3 nitrogen and oxygen atoms in total. The van der Waals surface area contributed by atoms with Crippen molar-refractivity contribution in [2.24, 2.45) is 0 Å². The van der Waals surface area contributed by atoms with Gasteiger partial charge in [-0.3, -0.25) is 0 Å². The molecule has 0 aliphatic carbocycles. The second-order valence-corrected chi connectivity index (χ2v) is 5.33. The van der Waals surface area contributed by atoms with Gasteiger partial charge in [-0.1, -0.05) is 39.0 Å². The van der Waals surface area contributed by atoms with Gasteiger partial charge in [0.25, 0.3) is 0 Å². The van der Waals surface area contributed by atoms with Crippen molar-refractivity contribution in [3.8, 4) is 0 Å². The summed E-state index contributed by atoms with van der Waals surface area (Å²) in [6.07, 6.45) is 8.39. The van der Waals surface area contributed by atoms with Gasteiger partial charge in [0, 0.05) is 32.7 Å². The molecule has 18 heavy (non-hydrogen) atoms. The van der Waals surface area contributed by atoms with E-state index in [4.69, 9.17) is 9.47 Å². The fraction of sp³-hybridized carbons (Fsp3) is 1.00. The zero-order chi connectivity index (χ0) is 13.3. The lowest BCUT2D eigenvalue weighted by Crippen LogP contribution is -2.49. The molecule has 1 saturated heterocycles. The van der Waals surface area contributed by atoms with E-state index >= 15 is 0 Å². The van der Waals surface area contributed by atoms with E-state index in [0.717, 1.165) is 25.7 Å². The third-order valence-corrected chi connectivity index (χ3v) is 3.96. The number of rotatable bonds is 9. The summed E-state index contributed by atoms with van der Waals surface area (Å²) in [5, 5.41) is 10.4. The molecule has 0 aromatic heterocycles. The van der Waals surface area contributed by atoms with Gasteiger partial charge in [-0.2, -0.15) is 0 Å². The fourth-order valence-electron chi connectivity index (χ4n) is 2.78. The molecule has 1 heterocycles. The molecule has 0 saturated carbocycles. The molecular weight excluding hydrogens is 228 g/mol. The molecule has 0 aromatic rings. The van der Waals surface area contributed by atoms with Gasteiger partial charge in [0.05, 0.1) is 11.7 Å². The third kappa shape index (κ3) is 4.87. The minimum atomic E-state index is -0.336. The van der Waals surface area contributed by atoms with Crippen molar-refractivity contribution in [2.45, 2.75) is 76.9 Å². The van der Waals surface area contributed by atoms with E-state index in [1.54, 1.807) is 0 Å². The van der Waals surface area contributed by atoms with Crippen molar-refractivity contribution in [2.75, 3.05) is 19.8 Å². The first-order chi connectivity index (χ1) is 8.75. The quantitative estimate of drug-likeness (QED) is 0.645. The maximum absolute atomic E-state index is 10.4. The summed E-state index contributed by atoms with van der Waals surface area (Å²) >= 11 is 0. The van der Waals surface area contributed by atoms with Gasteiger partial charge in [0.15, 0.2) is 0 Å². The van der Waals surface area contributed by atoms with E-state index in [-0.39, 0.29) is 11.7 Å². The average Bonchev–Trinajstić information content (AvgIpc) is 2.39. The molecule has 1 unspecified atom stereocenters. The van der Waals surface area contributed by atoms with Gasteiger partial charge < -0.3 is 14.6 Å². The van der Waals surface area contributed by atoms with Crippen LogP contribution in [0.15, 0.2) is 0 Å². The Morgan fingerprint density at radius 3 is 2.39 bits per heavy atom. The number of hydrogen-bond donors (Lipinski definition) is 1. The largest absolute Gasteiger partial charge is 0.390 e. The molecule has 1 fully saturated rings. The molecule has 0 amide bonds. The highest BCUT2D eigenvalue weighted by Crippen LogP contribution is 2.31. The van der Waals surface area contributed by atoms with Crippen LogP contribution in [-0.4, -0.2) is 36.6 Å². The highest BCUT2D eigenvalue weighted by molar-refractivity contribution is 4.90. The summed E-state index contributed by atoms with van der Waals surface area (Å²) in [6.45, 7) is 6.33. The number of aliphatic hydroxyl groups excluding tert-OH is 1. The molecule has 0 bridgehead atoms. The van der Waals surface area contributed by atoms with E-state index in [1.807, 2.05) is 6.92 Å². The van der Waals surface area contributed by atoms with Crippen LogP contribution < -0.4 is 0 Å². The first-order valence-electron chi connectivity index (χ1n) is 7.65. The summed E-state index contributed by atoms with van der Waals surface area (Å²) in [5.41, 5.74) is -0.336. The van der Waals surface area contributed by atoms with Gasteiger partial charge in [-0.25, -0.2) is 0 Å². The normalized spacial score (nSPS) is 20.8. The summed E-state index contributed by atoms with van der Waals surface area (Å²) in [7, 11) is 0. The predicted molar refractivity (Wildman–Crippen MR) is 73.8 cm³/mol. The highest BCUT2D eigenvalue weighted by Gasteiger charge is 2.39. The Labute approximate surface area is 112 Å². The second kappa shape index (κ2) is 8.89. The molecule has 1 rings (SSSR count). The van der Waals surface area contributed by atoms with E-state index in [9.17, 15) is 5.11 Å². The maximum Gasteiger partial charge on any atom is 0.0983 e. The van der Waals surface area contributed by atoms with Crippen LogP contribution in [0.25, 0.3) is 0 Å². The number of unbranched alkanes of at least 4 members (excludes halogenated alkanes) is 4. The SMILES string of the molecule is CCCCCCCC(O)C1(OCC)CCOCC1. The van der Waals surface area contributed by atoms with Gasteiger partial charge in [-0.05, 0) is 13.3 Å². The number of aliphatic hydroxyl groups is 1. The van der Waals surface area contributed by atoms with Crippen LogP contribution in [0.3, 0.4) is 0 Å². The van der Waals surface area contributed by atoms with Crippen LogP contribution in [-0.2, 0) is 9.47 Å². The minimum absolute atomic E-state index is 0.331. The van der Waals surface area contributed by atoms with E-state index in [0.29, 0.717) is 19.8 Å². The molecule has 1 atom stereocenters. The predicted octanol–water partition coefficient (Wildman–Crippen LogP) is 3.29. The number of ether oxygens (including phenoxy) is 2. The van der Waals surface area contributed by atoms with Crippen LogP contribution in [0, 0.1) is 0 Å². The molecule has 1 N–H and O–H groups in total. The third-order valence-electron chi connectivity index (χ3n) is 3.96. The van der Waals surface area contributed by atoms with Gasteiger partial charge in [0.1, 0.15) is 0 Å². The smallest absolute Gasteiger partial charge is 0.0983 e. The molecule has 3 heteroatoms. The van der Waals surface area contributed by atoms with Crippen LogP contribution >= 0.6 is 0 Å². The number of hydrogen-bond acceptors (Lipinski definition) is 3. The molecule has 0 aromatic carbocycles. The Morgan fingerprint density at radius 1 is 1.11 bits per heavy atom. The Kier molecular flexibility index (Phi) is 7.87. The molecule has 0 spiro atoms. The monoisotopic (exact) mass is 258 g/mol. The van der Waals surface area contributed by atoms with E-state index < -0.39 is 0 Å². The summed E-state index contributed by atoms with van der Waals surface area (Å²) < 4.78 is 11.3. The lowest BCUT2D eigenvalue weighted by Gasteiger charge is -2.40. The van der Waals surface area contributed by atoms with Gasteiger partial charge in [-0.15, -0.1) is 0 Å². The molecule has 1 aliphatic rings. The van der Waals surface area contributed by atoms with Crippen LogP contribution in [0.4, 0.5) is 0 Å². The van der Waals surface area contributed by atoms with Crippen molar-refractivity contribution >= 4 is 0 Å². The average molecular weight is 258 g/mol. The topological polar surface area (TPSA) is 38.7 Å². The zero-order valence-corrected chi connectivity index (χ0v) is 12.1. The van der Waals surface area contributed by atoms with Crippen molar-refractivity contribution in [1.29, 1.82) is 0 Å². The highest BCUT2D eigenvalue weighted by atomic mass is 16.5. The first kappa shape index (κ1) is 15.9. The van der Waals surface area contributed by atoms with Crippen LogP contribution in [0.2, 0.25) is 0 Å². The van der Waals surface area contributed by atoms with Crippen molar-refractivity contribution in [3.63, 3.8) is 0 Å². The Morgan fingerprint density at radius 2 is 1.78 bits per heavy atom. The second-order valence-electron chi connectivity index (χ2n) is 5.33. The Hall–Kier alpha value is -0.120. The molecule has 108 valence electrons. The van der Waals surface area contributed by atoms with Gasteiger partial charge >= 0.3 is 0 Å². The Balaban J connectivity index is 2.32. The Bertz CT molecular complexity index is 194. The van der Waals surface area contributed by atoms with E-state index in [1.165, 1.54) is 25.7 Å². The van der Waals surface area contributed by atoms with Crippen LogP contribution in [0.5, 0.6) is 0 Å². The summed E-state index contributed by atoms with van der Waals surface area (Å²) in [4.78, 5) is 0. The molecule has 1 aliphatic heterocycles. The maximum atomic E-state index is 10.4. The van der Waals surface area contributed by atoms with Crippen molar-refractivity contribution < 1.29 is 14.6 Å². The lowest BCUT2D eigenvalue weighted by molar-refractivity contribution is -0.167.